The standard InChI is InChI=1S/C28H33ClFN5O3/c1-31-28(36)23-8-3-4-13-35(23)17-9-11-18(12-10-17)38-25-14-19-22(15-24(25)37-2)32-16-33-27(19)34-21-7-5-6-20(29)26(21)30/h5-7,14-18,23H,3-4,8-13H2,1-2H3,(H,31,36)(H,32,33,34)/t17-,18+,23?. The largest absolute Gasteiger partial charge is 0.493 e. The highest BCUT2D eigenvalue weighted by atomic mass is 35.5. The van der Waals surface area contributed by atoms with Crippen LogP contribution in [0.2, 0.25) is 5.02 Å². The van der Waals surface area contributed by atoms with Gasteiger partial charge in [-0.2, -0.15) is 0 Å². The summed E-state index contributed by atoms with van der Waals surface area (Å²) in [4.78, 5) is 23.6. The van der Waals surface area contributed by atoms with Crippen LogP contribution in [0.1, 0.15) is 44.9 Å². The van der Waals surface area contributed by atoms with Crippen molar-refractivity contribution in [1.29, 1.82) is 0 Å². The Morgan fingerprint density at radius 1 is 1.11 bits per heavy atom. The molecule has 1 aromatic heterocycles. The molecular formula is C28H33ClFN5O3. The van der Waals surface area contributed by atoms with Gasteiger partial charge in [0.25, 0.3) is 0 Å². The quantitative estimate of drug-likeness (QED) is 0.410. The molecule has 1 amide bonds. The predicted molar refractivity (Wildman–Crippen MR) is 146 cm³/mol. The SMILES string of the molecule is CNC(=O)C1CCCCN1[C@H]1CC[C@@H](Oc2cc3c(Nc4cccc(Cl)c4F)ncnc3cc2OC)CC1. The number of aromatic nitrogens is 2. The number of halogens is 2. The first kappa shape index (κ1) is 26.4. The van der Waals surface area contributed by atoms with Gasteiger partial charge in [0.1, 0.15) is 12.1 Å². The minimum atomic E-state index is -0.546. The molecule has 1 atom stereocenters. The fraction of sp³-hybridized carbons (Fsp3) is 0.464. The van der Waals surface area contributed by atoms with Crippen molar-refractivity contribution >= 4 is 39.9 Å². The zero-order chi connectivity index (χ0) is 26.6. The van der Waals surface area contributed by atoms with Crippen molar-refractivity contribution in [2.45, 2.75) is 63.1 Å². The van der Waals surface area contributed by atoms with E-state index in [-0.39, 0.29) is 28.8 Å². The van der Waals surface area contributed by atoms with E-state index in [4.69, 9.17) is 21.1 Å². The third-order valence-electron chi connectivity index (χ3n) is 7.63. The van der Waals surface area contributed by atoms with Crippen LogP contribution in [0.25, 0.3) is 10.9 Å². The number of anilines is 2. The molecule has 0 bridgehead atoms. The van der Waals surface area contributed by atoms with Gasteiger partial charge in [-0.15, -0.1) is 0 Å². The predicted octanol–water partition coefficient (Wildman–Crippen LogP) is 5.47. The Bertz CT molecular complexity index is 1300. The molecule has 1 aliphatic heterocycles. The lowest BCUT2D eigenvalue weighted by Gasteiger charge is -2.43. The summed E-state index contributed by atoms with van der Waals surface area (Å²) in [5.41, 5.74) is 0.866. The summed E-state index contributed by atoms with van der Waals surface area (Å²) >= 11 is 5.96. The van der Waals surface area contributed by atoms with E-state index in [9.17, 15) is 9.18 Å². The number of piperidine rings is 1. The van der Waals surface area contributed by atoms with E-state index in [0.29, 0.717) is 34.3 Å². The number of fused-ring (bicyclic) bond motifs is 1. The summed E-state index contributed by atoms with van der Waals surface area (Å²) in [6.07, 6.45) is 8.29. The number of hydrogen-bond donors (Lipinski definition) is 2. The summed E-state index contributed by atoms with van der Waals surface area (Å²) in [5, 5.41) is 6.58. The molecule has 2 heterocycles. The second-order valence-electron chi connectivity index (χ2n) is 9.88. The molecule has 38 heavy (non-hydrogen) atoms. The normalized spacial score (nSPS) is 22.2. The smallest absolute Gasteiger partial charge is 0.237 e. The van der Waals surface area contributed by atoms with Gasteiger partial charge in [-0.05, 0) is 63.3 Å². The van der Waals surface area contributed by atoms with E-state index in [1.165, 1.54) is 12.4 Å². The molecule has 1 saturated carbocycles. The lowest BCUT2D eigenvalue weighted by molar-refractivity contribution is -0.128. The van der Waals surface area contributed by atoms with Crippen molar-refractivity contribution in [3.05, 3.63) is 47.5 Å². The summed E-state index contributed by atoms with van der Waals surface area (Å²) in [7, 11) is 3.32. The Morgan fingerprint density at radius 3 is 2.68 bits per heavy atom. The molecule has 2 fully saturated rings. The highest BCUT2D eigenvalue weighted by Crippen LogP contribution is 2.38. The van der Waals surface area contributed by atoms with Crippen LogP contribution in [0.5, 0.6) is 11.5 Å². The number of nitrogens with one attached hydrogen (secondary N) is 2. The van der Waals surface area contributed by atoms with Crippen LogP contribution in [-0.2, 0) is 4.79 Å². The number of carbonyl (C=O) groups excluding carboxylic acids is 1. The number of rotatable bonds is 7. The third-order valence-corrected chi connectivity index (χ3v) is 7.92. The van der Waals surface area contributed by atoms with Gasteiger partial charge >= 0.3 is 0 Å². The molecule has 10 heteroatoms. The number of carbonyl (C=O) groups is 1. The maximum Gasteiger partial charge on any atom is 0.237 e. The molecule has 3 aromatic rings. The first-order valence-corrected chi connectivity index (χ1v) is 13.5. The number of nitrogens with zero attached hydrogens (tertiary/aromatic N) is 3. The third kappa shape index (κ3) is 5.49. The molecule has 0 spiro atoms. The molecule has 8 nitrogen and oxygen atoms in total. The molecule has 5 rings (SSSR count). The topological polar surface area (TPSA) is 88.6 Å². The lowest BCUT2D eigenvalue weighted by atomic mass is 9.88. The Morgan fingerprint density at radius 2 is 1.92 bits per heavy atom. The van der Waals surface area contributed by atoms with Crippen LogP contribution in [0, 0.1) is 5.82 Å². The van der Waals surface area contributed by atoms with Gasteiger partial charge in [-0.3, -0.25) is 9.69 Å². The van der Waals surface area contributed by atoms with Crippen molar-refractivity contribution in [3.63, 3.8) is 0 Å². The fourth-order valence-electron chi connectivity index (χ4n) is 5.66. The fourth-order valence-corrected chi connectivity index (χ4v) is 5.83. The van der Waals surface area contributed by atoms with Crippen LogP contribution < -0.4 is 20.1 Å². The summed E-state index contributed by atoms with van der Waals surface area (Å²) in [6.45, 7) is 0.968. The molecule has 2 aliphatic rings. The number of likely N-dealkylation sites (N-methyl/N-ethyl adjacent to an activating group) is 1. The number of likely N-dealkylation sites (tertiary alicyclic amines) is 1. The number of methoxy groups -OCH3 is 1. The number of ether oxygens (including phenoxy) is 2. The van der Waals surface area contributed by atoms with Gasteiger partial charge in [-0.1, -0.05) is 24.1 Å². The first-order valence-electron chi connectivity index (χ1n) is 13.2. The van der Waals surface area contributed by atoms with E-state index in [1.54, 1.807) is 32.4 Å². The molecule has 2 aromatic carbocycles. The average molecular weight is 542 g/mol. The maximum absolute atomic E-state index is 14.5. The monoisotopic (exact) mass is 541 g/mol. The Hall–Kier alpha value is -3.17. The van der Waals surface area contributed by atoms with Gasteiger partial charge in [0.15, 0.2) is 17.3 Å². The Kier molecular flexibility index (Phi) is 8.14. The summed E-state index contributed by atoms with van der Waals surface area (Å²) in [5.74, 6) is 1.18. The average Bonchev–Trinajstić information content (AvgIpc) is 2.95. The highest BCUT2D eigenvalue weighted by Gasteiger charge is 2.35. The number of hydrogen-bond acceptors (Lipinski definition) is 7. The molecule has 202 valence electrons. The Labute approximate surface area is 226 Å². The van der Waals surface area contributed by atoms with Crippen molar-refractivity contribution in [3.8, 4) is 11.5 Å². The molecule has 0 radical (unpaired) electrons. The Balaban J connectivity index is 1.33. The van der Waals surface area contributed by atoms with Gasteiger partial charge < -0.3 is 20.1 Å². The van der Waals surface area contributed by atoms with E-state index >= 15 is 0 Å². The van der Waals surface area contributed by atoms with Crippen molar-refractivity contribution < 1.29 is 18.7 Å². The van der Waals surface area contributed by atoms with E-state index < -0.39 is 5.82 Å². The van der Waals surface area contributed by atoms with Gasteiger partial charge in [-0.25, -0.2) is 14.4 Å². The highest BCUT2D eigenvalue weighted by molar-refractivity contribution is 6.31. The molecule has 1 saturated heterocycles. The minimum Gasteiger partial charge on any atom is -0.493 e. The zero-order valence-corrected chi connectivity index (χ0v) is 22.4. The van der Waals surface area contributed by atoms with Crippen LogP contribution >= 0.6 is 11.6 Å². The van der Waals surface area contributed by atoms with Crippen molar-refractivity contribution in [2.24, 2.45) is 0 Å². The van der Waals surface area contributed by atoms with Gasteiger partial charge in [0, 0.05) is 24.5 Å². The molecular weight excluding hydrogens is 509 g/mol. The van der Waals surface area contributed by atoms with Crippen LogP contribution in [-0.4, -0.2) is 59.7 Å². The lowest BCUT2D eigenvalue weighted by Crippen LogP contribution is -2.54. The van der Waals surface area contributed by atoms with Crippen molar-refractivity contribution in [2.75, 3.05) is 26.0 Å². The molecule has 1 unspecified atom stereocenters. The molecule has 1 aliphatic carbocycles. The van der Waals surface area contributed by atoms with Crippen molar-refractivity contribution in [1.82, 2.24) is 20.2 Å². The maximum atomic E-state index is 14.5. The molecule has 2 N–H and O–H groups in total. The van der Waals surface area contributed by atoms with E-state index in [1.807, 2.05) is 6.07 Å². The summed E-state index contributed by atoms with van der Waals surface area (Å²) < 4.78 is 26.6. The minimum absolute atomic E-state index is 0.0206. The van der Waals surface area contributed by atoms with Gasteiger partial charge in [0.2, 0.25) is 5.91 Å². The van der Waals surface area contributed by atoms with Gasteiger partial charge in [0.05, 0.1) is 35.5 Å². The van der Waals surface area contributed by atoms with Crippen LogP contribution in [0.3, 0.4) is 0 Å². The van der Waals surface area contributed by atoms with E-state index in [2.05, 4.69) is 25.5 Å². The zero-order valence-electron chi connectivity index (χ0n) is 21.7. The first-order chi connectivity index (χ1) is 18.5. The van der Waals surface area contributed by atoms with Crippen LogP contribution in [0.15, 0.2) is 36.7 Å². The number of benzene rings is 2. The summed E-state index contributed by atoms with van der Waals surface area (Å²) in [6, 6.07) is 8.77. The van der Waals surface area contributed by atoms with E-state index in [0.717, 1.165) is 51.5 Å². The second kappa shape index (κ2) is 11.7. The second-order valence-corrected chi connectivity index (χ2v) is 10.3. The van der Waals surface area contributed by atoms with Crippen LogP contribution in [0.4, 0.5) is 15.9 Å². The number of amides is 1.